The molecule has 5 atom stereocenters. The first-order valence-corrected chi connectivity index (χ1v) is 9.20. The molecule has 2 fully saturated rings. The third-order valence-corrected chi connectivity index (χ3v) is 5.87. The van der Waals surface area contributed by atoms with Gasteiger partial charge in [-0.05, 0) is 25.7 Å². The molecule has 0 aromatic carbocycles. The Morgan fingerprint density at radius 2 is 1.91 bits per heavy atom. The highest BCUT2D eigenvalue weighted by molar-refractivity contribution is 8.14. The van der Waals surface area contributed by atoms with Gasteiger partial charge in [0.25, 0.3) is 0 Å². The van der Waals surface area contributed by atoms with Gasteiger partial charge >= 0.3 is 0 Å². The molecule has 22 heavy (non-hydrogen) atoms. The normalized spacial score (nSPS) is 38.2. The number of hydrogen-bond donors (Lipinski definition) is 3. The molecule has 0 aromatic rings. The second-order valence-corrected chi connectivity index (χ2v) is 7.38. The summed E-state index contributed by atoms with van der Waals surface area (Å²) < 4.78 is 6.01. The lowest BCUT2D eigenvalue weighted by Crippen LogP contribution is -2.54. The number of ether oxygens (including phenoxy) is 1. The van der Waals surface area contributed by atoms with Crippen LogP contribution in [0.15, 0.2) is 4.99 Å². The Balaban J connectivity index is 1.57. The highest BCUT2D eigenvalue weighted by Gasteiger charge is 2.48. The molecule has 0 aromatic heterocycles. The molecule has 3 N–H and O–H groups in total. The molecule has 3 aliphatic rings. The van der Waals surface area contributed by atoms with Gasteiger partial charge in [-0.3, -0.25) is 4.99 Å². The van der Waals surface area contributed by atoms with Crippen molar-refractivity contribution in [1.29, 1.82) is 0 Å². The fraction of sp³-hybridized carbons (Fsp3) is 0.933. The lowest BCUT2D eigenvalue weighted by atomic mass is 9.95. The summed E-state index contributed by atoms with van der Waals surface area (Å²) in [5.41, 5.74) is -0.183. The summed E-state index contributed by atoms with van der Waals surface area (Å²) in [5, 5.41) is 30.4. The Morgan fingerprint density at radius 1 is 1.14 bits per heavy atom. The number of thioether (sulfide) groups is 1. The first-order valence-electron chi connectivity index (χ1n) is 8.32. The molecule has 6 nitrogen and oxygen atoms in total. The smallest absolute Gasteiger partial charge is 0.162 e. The maximum atomic E-state index is 10.4. The highest BCUT2D eigenvalue weighted by Crippen LogP contribution is 2.39. The minimum Gasteiger partial charge on any atom is -0.396 e. The average Bonchev–Trinajstić information content (AvgIpc) is 3.17. The van der Waals surface area contributed by atoms with Crippen molar-refractivity contribution in [3.8, 4) is 0 Å². The fourth-order valence-electron chi connectivity index (χ4n) is 3.35. The summed E-state index contributed by atoms with van der Waals surface area (Å²) >= 11 is 1.59. The standard InChI is InChI=1S/C15H26N2O4S/c18-9-5-1-2-6-10-12(19)13(20)11-14(21-10)22-15(16-11)17-7-3-4-8-17/h10-14,18-20H,1-9H2/t10-,11-,12-,13-,14-/m1/s1. The first-order chi connectivity index (χ1) is 10.7. The third kappa shape index (κ3) is 3.43. The van der Waals surface area contributed by atoms with Gasteiger partial charge in [-0.15, -0.1) is 0 Å². The number of rotatable bonds is 5. The zero-order chi connectivity index (χ0) is 15.5. The maximum absolute atomic E-state index is 10.4. The summed E-state index contributed by atoms with van der Waals surface area (Å²) in [6.45, 7) is 2.24. The summed E-state index contributed by atoms with van der Waals surface area (Å²) in [6.07, 6.45) is 3.59. The van der Waals surface area contributed by atoms with Gasteiger partial charge < -0.3 is 25.0 Å². The van der Waals surface area contributed by atoms with Gasteiger partial charge in [0.05, 0.1) is 6.10 Å². The molecule has 2 saturated heterocycles. The largest absolute Gasteiger partial charge is 0.396 e. The quantitative estimate of drug-likeness (QED) is 0.639. The minimum absolute atomic E-state index is 0.183. The monoisotopic (exact) mass is 330 g/mol. The van der Waals surface area contributed by atoms with Crippen molar-refractivity contribution < 1.29 is 20.1 Å². The lowest BCUT2D eigenvalue weighted by Gasteiger charge is -2.38. The molecule has 7 heteroatoms. The van der Waals surface area contributed by atoms with Crippen molar-refractivity contribution in [3.63, 3.8) is 0 Å². The van der Waals surface area contributed by atoms with Crippen LogP contribution in [0, 0.1) is 0 Å². The van der Waals surface area contributed by atoms with Crippen LogP contribution in [0.3, 0.4) is 0 Å². The van der Waals surface area contributed by atoms with Crippen LogP contribution in [0.2, 0.25) is 0 Å². The molecule has 3 rings (SSSR count). The van der Waals surface area contributed by atoms with E-state index in [-0.39, 0.29) is 24.2 Å². The van der Waals surface area contributed by atoms with Crippen LogP contribution >= 0.6 is 11.8 Å². The van der Waals surface area contributed by atoms with E-state index in [0.29, 0.717) is 6.42 Å². The van der Waals surface area contributed by atoms with Gasteiger partial charge in [0.15, 0.2) is 5.17 Å². The van der Waals surface area contributed by atoms with E-state index in [4.69, 9.17) is 9.84 Å². The zero-order valence-electron chi connectivity index (χ0n) is 12.8. The molecule has 0 spiro atoms. The number of aliphatic imine (C=N–C) groups is 1. The number of fused-ring (bicyclic) bond motifs is 1. The van der Waals surface area contributed by atoms with Crippen molar-refractivity contribution in [2.75, 3.05) is 19.7 Å². The molecule has 0 aliphatic carbocycles. The molecule has 0 amide bonds. The van der Waals surface area contributed by atoms with E-state index in [1.165, 1.54) is 12.8 Å². The zero-order valence-corrected chi connectivity index (χ0v) is 13.6. The lowest BCUT2D eigenvalue weighted by molar-refractivity contribution is -0.154. The average molecular weight is 330 g/mol. The topological polar surface area (TPSA) is 85.5 Å². The number of likely N-dealkylation sites (tertiary alicyclic amines) is 1. The van der Waals surface area contributed by atoms with Crippen LogP contribution in [0.4, 0.5) is 0 Å². The summed E-state index contributed by atoms with van der Waals surface area (Å²) in [7, 11) is 0. The number of hydrogen-bond acceptors (Lipinski definition) is 7. The van der Waals surface area contributed by atoms with E-state index < -0.39 is 12.2 Å². The Kier molecular flexibility index (Phi) is 5.62. The molecular weight excluding hydrogens is 304 g/mol. The first kappa shape index (κ1) is 16.5. The number of aliphatic hydroxyl groups is 3. The van der Waals surface area contributed by atoms with E-state index in [2.05, 4.69) is 9.89 Å². The molecule has 3 aliphatic heterocycles. The number of amidine groups is 1. The van der Waals surface area contributed by atoms with Gasteiger partial charge in [-0.1, -0.05) is 24.6 Å². The Bertz CT molecular complexity index is 403. The molecule has 0 bridgehead atoms. The predicted molar refractivity (Wildman–Crippen MR) is 85.8 cm³/mol. The van der Waals surface area contributed by atoms with Crippen molar-refractivity contribution >= 4 is 16.9 Å². The molecule has 0 radical (unpaired) electrons. The fourth-order valence-corrected chi connectivity index (χ4v) is 4.63. The van der Waals surface area contributed by atoms with Crippen LogP contribution in [0.5, 0.6) is 0 Å². The van der Waals surface area contributed by atoms with Crippen molar-refractivity contribution in [2.45, 2.75) is 68.3 Å². The second-order valence-electron chi connectivity index (χ2n) is 6.31. The third-order valence-electron chi connectivity index (χ3n) is 4.67. The van der Waals surface area contributed by atoms with Crippen LogP contribution < -0.4 is 0 Å². The Labute approximate surface area is 135 Å². The Morgan fingerprint density at radius 3 is 2.64 bits per heavy atom. The van der Waals surface area contributed by atoms with Gasteiger partial charge in [-0.2, -0.15) is 0 Å². The van der Waals surface area contributed by atoms with Crippen LogP contribution in [-0.4, -0.2) is 74.9 Å². The summed E-state index contributed by atoms with van der Waals surface area (Å²) in [5.74, 6) is 0. The van der Waals surface area contributed by atoms with Gasteiger partial charge in [-0.25, -0.2) is 0 Å². The highest BCUT2D eigenvalue weighted by atomic mass is 32.2. The van der Waals surface area contributed by atoms with Crippen LogP contribution in [0.1, 0.15) is 38.5 Å². The number of nitrogens with zero attached hydrogens (tertiary/aromatic N) is 2. The SMILES string of the molecule is OCCCCC[C@H]1O[C@@H]2SC(N3CCCC3)=N[C@@H]2[C@@H](O)[C@@H]1O. The molecule has 126 valence electrons. The van der Waals surface area contributed by atoms with E-state index in [1.54, 1.807) is 11.8 Å². The molecule has 3 heterocycles. The molecular formula is C15H26N2O4S. The van der Waals surface area contributed by atoms with Crippen LogP contribution in [0.25, 0.3) is 0 Å². The second kappa shape index (κ2) is 7.49. The summed E-state index contributed by atoms with van der Waals surface area (Å²) in [6, 6.07) is -0.357. The molecule has 0 unspecified atom stereocenters. The molecule has 0 saturated carbocycles. The van der Waals surface area contributed by atoms with E-state index in [9.17, 15) is 10.2 Å². The number of aliphatic hydroxyl groups excluding tert-OH is 3. The maximum Gasteiger partial charge on any atom is 0.162 e. The Hall–Kier alpha value is -0.340. The van der Waals surface area contributed by atoms with E-state index in [0.717, 1.165) is 37.5 Å². The van der Waals surface area contributed by atoms with Crippen molar-refractivity contribution in [3.05, 3.63) is 0 Å². The predicted octanol–water partition coefficient (Wildman–Crippen LogP) is 0.553. The van der Waals surface area contributed by atoms with E-state index in [1.807, 2.05) is 0 Å². The van der Waals surface area contributed by atoms with Crippen molar-refractivity contribution in [2.24, 2.45) is 4.99 Å². The summed E-state index contributed by atoms with van der Waals surface area (Å²) in [4.78, 5) is 6.86. The number of unbranched alkanes of at least 4 members (excludes halogenated alkanes) is 2. The van der Waals surface area contributed by atoms with Gasteiger partial charge in [0.2, 0.25) is 0 Å². The van der Waals surface area contributed by atoms with Gasteiger partial charge in [0, 0.05) is 19.7 Å². The van der Waals surface area contributed by atoms with Crippen molar-refractivity contribution in [1.82, 2.24) is 4.90 Å². The van der Waals surface area contributed by atoms with Gasteiger partial charge in [0.1, 0.15) is 23.7 Å². The van der Waals surface area contributed by atoms with Crippen LogP contribution in [-0.2, 0) is 4.74 Å². The minimum atomic E-state index is -0.877. The van der Waals surface area contributed by atoms with E-state index >= 15 is 0 Å².